The van der Waals surface area contributed by atoms with E-state index in [4.69, 9.17) is 9.47 Å². The van der Waals surface area contributed by atoms with Crippen molar-refractivity contribution in [3.63, 3.8) is 0 Å². The average Bonchev–Trinajstić information content (AvgIpc) is 2.36. The molecule has 0 bridgehead atoms. The fourth-order valence-electron chi connectivity index (χ4n) is 2.33. The van der Waals surface area contributed by atoms with Crippen molar-refractivity contribution in [1.29, 1.82) is 0 Å². The second-order valence-electron chi connectivity index (χ2n) is 6.98. The Morgan fingerprint density at radius 1 is 1.00 bits per heavy atom. The van der Waals surface area contributed by atoms with Crippen LogP contribution in [0.4, 0.5) is 0 Å². The summed E-state index contributed by atoms with van der Waals surface area (Å²) in [5, 5.41) is 0. The zero-order chi connectivity index (χ0) is 16.2. The van der Waals surface area contributed by atoms with Gasteiger partial charge in [0, 0.05) is 6.61 Å². The molecule has 0 rings (SSSR count). The summed E-state index contributed by atoms with van der Waals surface area (Å²) in [5.41, 5.74) is -1.10. The van der Waals surface area contributed by atoms with Gasteiger partial charge in [0.2, 0.25) is 0 Å². The van der Waals surface area contributed by atoms with Crippen LogP contribution in [0, 0.1) is 5.41 Å². The fraction of sp³-hybridized carbons (Fsp3) is 0.941. The molecule has 120 valence electrons. The van der Waals surface area contributed by atoms with Gasteiger partial charge in [-0.15, -0.1) is 0 Å². The summed E-state index contributed by atoms with van der Waals surface area (Å²) in [6, 6.07) is 0. The van der Waals surface area contributed by atoms with Gasteiger partial charge in [-0.2, -0.15) is 0 Å². The number of hydrogen-bond donors (Lipinski definition) is 0. The Balaban J connectivity index is 5.08. The van der Waals surface area contributed by atoms with E-state index in [1.807, 2.05) is 27.7 Å². The van der Waals surface area contributed by atoms with E-state index in [2.05, 4.69) is 34.6 Å². The highest BCUT2D eigenvalue weighted by atomic mass is 16.5. The molecule has 3 nitrogen and oxygen atoms in total. The molecule has 0 N–H and O–H groups in total. The van der Waals surface area contributed by atoms with Gasteiger partial charge < -0.3 is 9.47 Å². The molecular weight excluding hydrogens is 252 g/mol. The molecule has 0 heterocycles. The van der Waals surface area contributed by atoms with Gasteiger partial charge in [0.15, 0.2) is 5.78 Å². The van der Waals surface area contributed by atoms with Gasteiger partial charge in [0.25, 0.3) is 0 Å². The van der Waals surface area contributed by atoms with Crippen molar-refractivity contribution >= 4 is 5.78 Å². The minimum atomic E-state index is -0.749. The number of hydrogen-bond acceptors (Lipinski definition) is 3. The molecule has 3 atom stereocenters. The van der Waals surface area contributed by atoms with Gasteiger partial charge in [0.1, 0.15) is 11.7 Å². The summed E-state index contributed by atoms with van der Waals surface area (Å²) in [5.74, 6) is 0.0331. The monoisotopic (exact) mass is 286 g/mol. The first kappa shape index (κ1) is 19.6. The average molecular weight is 286 g/mol. The summed E-state index contributed by atoms with van der Waals surface area (Å²) in [6.07, 6.45) is 1.06. The Hall–Kier alpha value is -0.410. The van der Waals surface area contributed by atoms with E-state index in [0.29, 0.717) is 13.0 Å². The largest absolute Gasteiger partial charge is 0.368 e. The lowest BCUT2D eigenvalue weighted by molar-refractivity contribution is -0.177. The number of carbonyl (C=O) groups excluding carboxylic acids is 1. The van der Waals surface area contributed by atoms with E-state index in [0.717, 1.165) is 6.42 Å². The van der Waals surface area contributed by atoms with Gasteiger partial charge in [-0.05, 0) is 46.0 Å². The van der Waals surface area contributed by atoms with Gasteiger partial charge in [-0.25, -0.2) is 0 Å². The zero-order valence-electron chi connectivity index (χ0n) is 14.9. The molecule has 3 unspecified atom stereocenters. The highest BCUT2D eigenvalue weighted by molar-refractivity contribution is 5.90. The molecule has 0 aliphatic carbocycles. The van der Waals surface area contributed by atoms with Crippen LogP contribution < -0.4 is 0 Å². The minimum absolute atomic E-state index is 0.0233. The van der Waals surface area contributed by atoms with Crippen molar-refractivity contribution in [2.24, 2.45) is 5.41 Å². The summed E-state index contributed by atoms with van der Waals surface area (Å²) in [7, 11) is 0. The Kier molecular flexibility index (Phi) is 6.89. The van der Waals surface area contributed by atoms with Crippen LogP contribution in [-0.2, 0) is 14.3 Å². The van der Waals surface area contributed by atoms with E-state index < -0.39 is 11.7 Å². The molecule has 0 aromatic heterocycles. The van der Waals surface area contributed by atoms with E-state index >= 15 is 0 Å². The van der Waals surface area contributed by atoms with Crippen LogP contribution in [0.1, 0.15) is 75.2 Å². The lowest BCUT2D eigenvalue weighted by atomic mass is 9.75. The Morgan fingerprint density at radius 2 is 1.50 bits per heavy atom. The van der Waals surface area contributed by atoms with Crippen molar-refractivity contribution < 1.29 is 14.3 Å². The molecular formula is C17H34O3. The highest BCUT2D eigenvalue weighted by Gasteiger charge is 2.43. The first-order valence-electron chi connectivity index (χ1n) is 7.83. The fourth-order valence-corrected chi connectivity index (χ4v) is 2.33. The maximum atomic E-state index is 12.7. The SMILES string of the molecule is CCOC(C)(CC)C(=O)C(C)OC(C)(CC)C(C)(C)C. The third-order valence-electron chi connectivity index (χ3n) is 4.73. The molecule has 0 amide bonds. The Morgan fingerprint density at radius 3 is 1.80 bits per heavy atom. The molecule has 0 fully saturated rings. The summed E-state index contributed by atoms with van der Waals surface area (Å²) < 4.78 is 11.8. The van der Waals surface area contributed by atoms with Crippen LogP contribution >= 0.6 is 0 Å². The van der Waals surface area contributed by atoms with Crippen molar-refractivity contribution in [1.82, 2.24) is 0 Å². The van der Waals surface area contributed by atoms with Crippen molar-refractivity contribution in [2.75, 3.05) is 6.61 Å². The normalized spacial score (nSPS) is 20.1. The van der Waals surface area contributed by atoms with Crippen LogP contribution in [0.15, 0.2) is 0 Å². The lowest BCUT2D eigenvalue weighted by Crippen LogP contribution is -2.50. The molecule has 0 saturated heterocycles. The van der Waals surface area contributed by atoms with Gasteiger partial charge in [-0.1, -0.05) is 34.6 Å². The number of carbonyl (C=O) groups is 1. The van der Waals surface area contributed by atoms with E-state index in [9.17, 15) is 4.79 Å². The van der Waals surface area contributed by atoms with E-state index in [1.54, 1.807) is 0 Å². The predicted octanol–water partition coefficient (Wildman–Crippen LogP) is 4.38. The standard InChI is InChI=1S/C17H34O3/c1-10-16(8,19-12-3)14(18)13(4)20-17(9,11-2)15(5,6)7/h13H,10-12H2,1-9H3. The number of rotatable bonds is 8. The maximum absolute atomic E-state index is 12.7. The molecule has 0 aromatic rings. The van der Waals surface area contributed by atoms with Crippen LogP contribution in [0.3, 0.4) is 0 Å². The molecule has 0 spiro atoms. The highest BCUT2D eigenvalue weighted by Crippen LogP contribution is 2.38. The van der Waals surface area contributed by atoms with Crippen molar-refractivity contribution in [3.8, 4) is 0 Å². The van der Waals surface area contributed by atoms with E-state index in [1.165, 1.54) is 0 Å². The minimum Gasteiger partial charge on any atom is -0.368 e. The second kappa shape index (κ2) is 7.04. The van der Waals surface area contributed by atoms with Crippen LogP contribution in [-0.4, -0.2) is 29.7 Å². The first-order valence-corrected chi connectivity index (χ1v) is 7.83. The number of ketones is 1. The second-order valence-corrected chi connectivity index (χ2v) is 6.98. The molecule has 0 aliphatic rings. The third-order valence-corrected chi connectivity index (χ3v) is 4.73. The third kappa shape index (κ3) is 4.29. The van der Waals surface area contributed by atoms with Crippen LogP contribution in [0.2, 0.25) is 0 Å². The summed E-state index contributed by atoms with van der Waals surface area (Å²) in [6.45, 7) is 18.8. The molecule has 0 aromatic carbocycles. The van der Waals surface area contributed by atoms with Crippen molar-refractivity contribution in [2.45, 2.75) is 92.5 Å². The molecule has 0 aliphatic heterocycles. The molecule has 20 heavy (non-hydrogen) atoms. The molecule has 3 heteroatoms. The topological polar surface area (TPSA) is 35.5 Å². The van der Waals surface area contributed by atoms with Gasteiger partial charge in [-0.3, -0.25) is 4.79 Å². The maximum Gasteiger partial charge on any atom is 0.192 e. The summed E-state index contributed by atoms with van der Waals surface area (Å²) in [4.78, 5) is 12.7. The quantitative estimate of drug-likeness (QED) is 0.664. The lowest BCUT2D eigenvalue weighted by Gasteiger charge is -2.43. The number of ether oxygens (including phenoxy) is 2. The molecule has 0 saturated carbocycles. The first-order chi connectivity index (χ1) is 8.97. The summed E-state index contributed by atoms with van der Waals surface area (Å²) >= 11 is 0. The van der Waals surface area contributed by atoms with Crippen molar-refractivity contribution in [3.05, 3.63) is 0 Å². The Labute approximate surface area is 125 Å². The smallest absolute Gasteiger partial charge is 0.192 e. The zero-order valence-corrected chi connectivity index (χ0v) is 14.9. The Bertz CT molecular complexity index is 319. The number of Topliss-reactive ketones (excluding diaryl/α,β-unsaturated/α-hetero) is 1. The van der Waals surface area contributed by atoms with Gasteiger partial charge >= 0.3 is 0 Å². The predicted molar refractivity (Wildman–Crippen MR) is 84.0 cm³/mol. The van der Waals surface area contributed by atoms with Crippen LogP contribution in [0.5, 0.6) is 0 Å². The van der Waals surface area contributed by atoms with Gasteiger partial charge in [0.05, 0.1) is 5.60 Å². The van der Waals surface area contributed by atoms with Crippen LogP contribution in [0.25, 0.3) is 0 Å². The van der Waals surface area contributed by atoms with E-state index in [-0.39, 0.29) is 16.8 Å². The molecule has 0 radical (unpaired) electrons.